The van der Waals surface area contributed by atoms with Gasteiger partial charge in [0.15, 0.2) is 0 Å². The molecule has 15 heavy (non-hydrogen) atoms. The Hall–Kier alpha value is -0.890. The minimum Gasteiger partial charge on any atom is -0.311 e. The molecule has 0 radical (unpaired) electrons. The Morgan fingerprint density at radius 2 is 2.20 bits per heavy atom. The minimum absolute atomic E-state index is 0.559. The van der Waals surface area contributed by atoms with E-state index in [9.17, 15) is 0 Å². The van der Waals surface area contributed by atoms with Crippen LogP contribution >= 0.6 is 0 Å². The molecular formula is C13H20N2. The van der Waals surface area contributed by atoms with E-state index in [1.807, 2.05) is 13.0 Å². The van der Waals surface area contributed by atoms with Gasteiger partial charge in [-0.15, -0.1) is 0 Å². The maximum atomic E-state index is 4.47. The van der Waals surface area contributed by atoms with Crippen LogP contribution in [0.5, 0.6) is 0 Å². The quantitative estimate of drug-likeness (QED) is 0.815. The molecule has 0 bridgehead atoms. The van der Waals surface area contributed by atoms with Crippen molar-refractivity contribution < 1.29 is 0 Å². The topological polar surface area (TPSA) is 24.9 Å². The van der Waals surface area contributed by atoms with Crippen molar-refractivity contribution in [2.75, 3.05) is 6.54 Å². The van der Waals surface area contributed by atoms with Crippen molar-refractivity contribution in [2.45, 2.75) is 39.7 Å². The highest BCUT2D eigenvalue weighted by Crippen LogP contribution is 2.39. The van der Waals surface area contributed by atoms with Gasteiger partial charge in [0.25, 0.3) is 0 Å². The van der Waals surface area contributed by atoms with E-state index in [1.165, 1.54) is 19.3 Å². The first kappa shape index (κ1) is 10.6. The molecule has 1 aromatic heterocycles. The third-order valence-corrected chi connectivity index (χ3v) is 3.36. The summed E-state index contributed by atoms with van der Waals surface area (Å²) in [7, 11) is 0. The lowest BCUT2D eigenvalue weighted by atomic mass is 9.70. The van der Waals surface area contributed by atoms with Gasteiger partial charge in [0.2, 0.25) is 0 Å². The van der Waals surface area contributed by atoms with Gasteiger partial charge in [0.05, 0.1) is 5.69 Å². The Morgan fingerprint density at radius 1 is 1.40 bits per heavy atom. The van der Waals surface area contributed by atoms with E-state index in [-0.39, 0.29) is 0 Å². The van der Waals surface area contributed by atoms with E-state index >= 15 is 0 Å². The summed E-state index contributed by atoms with van der Waals surface area (Å²) in [5, 5.41) is 3.51. The highest BCUT2D eigenvalue weighted by atomic mass is 14.9. The number of nitrogens with one attached hydrogen (secondary N) is 1. The van der Waals surface area contributed by atoms with E-state index in [0.29, 0.717) is 5.41 Å². The molecule has 2 heteroatoms. The van der Waals surface area contributed by atoms with Crippen LogP contribution in [0, 0.1) is 12.3 Å². The Morgan fingerprint density at radius 3 is 2.80 bits per heavy atom. The van der Waals surface area contributed by atoms with Crippen molar-refractivity contribution in [1.29, 1.82) is 0 Å². The average molecular weight is 204 g/mol. The fraction of sp³-hybridized carbons (Fsp3) is 0.615. The second-order valence-electron chi connectivity index (χ2n) is 5.04. The lowest BCUT2D eigenvalue weighted by Gasteiger charge is -2.38. The van der Waals surface area contributed by atoms with E-state index in [4.69, 9.17) is 0 Å². The highest BCUT2D eigenvalue weighted by Gasteiger charge is 2.30. The molecule has 2 rings (SSSR count). The average Bonchev–Trinajstić information content (AvgIpc) is 2.15. The van der Waals surface area contributed by atoms with Crippen LogP contribution in [-0.2, 0) is 6.54 Å². The van der Waals surface area contributed by atoms with Gasteiger partial charge in [-0.1, -0.05) is 19.4 Å². The summed E-state index contributed by atoms with van der Waals surface area (Å²) in [6.07, 6.45) is 4.16. The van der Waals surface area contributed by atoms with Crippen LogP contribution in [0.3, 0.4) is 0 Å². The fourth-order valence-corrected chi connectivity index (χ4v) is 2.15. The third kappa shape index (κ3) is 2.78. The second kappa shape index (κ2) is 4.31. The standard InChI is InChI=1S/C13H20N2/c1-11-5-3-6-12(15-11)9-14-10-13(2)7-4-8-13/h3,5-6,14H,4,7-10H2,1-2H3. The lowest BCUT2D eigenvalue weighted by Crippen LogP contribution is -2.37. The first-order valence-corrected chi connectivity index (χ1v) is 5.81. The lowest BCUT2D eigenvalue weighted by molar-refractivity contribution is 0.156. The number of rotatable bonds is 4. The van der Waals surface area contributed by atoms with Crippen LogP contribution in [0.1, 0.15) is 37.6 Å². The fourth-order valence-electron chi connectivity index (χ4n) is 2.15. The summed E-state index contributed by atoms with van der Waals surface area (Å²) in [5.41, 5.74) is 2.81. The van der Waals surface area contributed by atoms with Crippen molar-refractivity contribution >= 4 is 0 Å². The molecule has 0 atom stereocenters. The molecule has 0 aromatic carbocycles. The molecule has 0 spiro atoms. The molecule has 0 aliphatic heterocycles. The Kier molecular flexibility index (Phi) is 3.06. The molecule has 1 aliphatic carbocycles. The zero-order chi connectivity index (χ0) is 10.7. The van der Waals surface area contributed by atoms with Gasteiger partial charge in [0, 0.05) is 18.8 Å². The van der Waals surface area contributed by atoms with Gasteiger partial charge in [-0.3, -0.25) is 4.98 Å². The Bertz CT molecular complexity index is 329. The zero-order valence-electron chi connectivity index (χ0n) is 9.71. The number of aromatic nitrogens is 1. The van der Waals surface area contributed by atoms with Gasteiger partial charge >= 0.3 is 0 Å². The summed E-state index contributed by atoms with van der Waals surface area (Å²) in [6, 6.07) is 6.20. The maximum Gasteiger partial charge on any atom is 0.0544 e. The predicted octanol–water partition coefficient (Wildman–Crippen LogP) is 2.67. The minimum atomic E-state index is 0.559. The molecule has 2 nitrogen and oxygen atoms in total. The molecule has 1 aliphatic rings. The van der Waals surface area contributed by atoms with Crippen molar-refractivity contribution in [3.63, 3.8) is 0 Å². The van der Waals surface area contributed by atoms with Crippen molar-refractivity contribution in [1.82, 2.24) is 10.3 Å². The predicted molar refractivity (Wildman–Crippen MR) is 62.6 cm³/mol. The summed E-state index contributed by atoms with van der Waals surface area (Å²) >= 11 is 0. The largest absolute Gasteiger partial charge is 0.311 e. The molecule has 1 heterocycles. The van der Waals surface area contributed by atoms with E-state index in [0.717, 1.165) is 24.5 Å². The number of hydrogen-bond acceptors (Lipinski definition) is 2. The van der Waals surface area contributed by atoms with Crippen molar-refractivity contribution in [2.24, 2.45) is 5.41 Å². The molecular weight excluding hydrogens is 184 g/mol. The number of aryl methyl sites for hydroxylation is 1. The second-order valence-corrected chi connectivity index (χ2v) is 5.04. The third-order valence-electron chi connectivity index (χ3n) is 3.36. The summed E-state index contributed by atoms with van der Waals surface area (Å²) in [6.45, 7) is 6.43. The molecule has 1 fully saturated rings. The van der Waals surface area contributed by atoms with E-state index < -0.39 is 0 Å². The normalized spacial score (nSPS) is 18.5. The molecule has 1 N–H and O–H groups in total. The monoisotopic (exact) mass is 204 g/mol. The SMILES string of the molecule is Cc1cccc(CNCC2(C)CCC2)n1. The highest BCUT2D eigenvalue weighted by molar-refractivity contribution is 5.09. The van der Waals surface area contributed by atoms with Gasteiger partial charge < -0.3 is 5.32 Å². The number of nitrogens with zero attached hydrogens (tertiary/aromatic N) is 1. The first-order valence-electron chi connectivity index (χ1n) is 5.81. The zero-order valence-corrected chi connectivity index (χ0v) is 9.71. The van der Waals surface area contributed by atoms with Crippen LogP contribution in [0.2, 0.25) is 0 Å². The van der Waals surface area contributed by atoms with E-state index in [2.05, 4.69) is 29.4 Å². The first-order chi connectivity index (χ1) is 7.18. The van der Waals surface area contributed by atoms with Crippen LogP contribution in [0.4, 0.5) is 0 Å². The smallest absolute Gasteiger partial charge is 0.0544 e. The summed E-state index contributed by atoms with van der Waals surface area (Å²) < 4.78 is 0. The van der Waals surface area contributed by atoms with Crippen molar-refractivity contribution in [3.05, 3.63) is 29.6 Å². The van der Waals surface area contributed by atoms with Gasteiger partial charge in [0.1, 0.15) is 0 Å². The molecule has 0 unspecified atom stereocenters. The Labute approximate surface area is 92.1 Å². The molecule has 0 saturated heterocycles. The van der Waals surface area contributed by atoms with Crippen LogP contribution in [-0.4, -0.2) is 11.5 Å². The van der Waals surface area contributed by atoms with Crippen LogP contribution in [0.25, 0.3) is 0 Å². The van der Waals surface area contributed by atoms with Gasteiger partial charge in [-0.2, -0.15) is 0 Å². The molecule has 1 aromatic rings. The number of hydrogen-bond donors (Lipinski definition) is 1. The summed E-state index contributed by atoms with van der Waals surface area (Å²) in [4.78, 5) is 4.47. The molecule has 0 amide bonds. The molecule has 1 saturated carbocycles. The van der Waals surface area contributed by atoms with Gasteiger partial charge in [-0.25, -0.2) is 0 Å². The maximum absolute atomic E-state index is 4.47. The van der Waals surface area contributed by atoms with Crippen molar-refractivity contribution in [3.8, 4) is 0 Å². The number of pyridine rings is 1. The van der Waals surface area contributed by atoms with E-state index in [1.54, 1.807) is 0 Å². The molecule has 82 valence electrons. The summed E-state index contributed by atoms with van der Waals surface area (Å²) in [5.74, 6) is 0. The Balaban J connectivity index is 1.78. The van der Waals surface area contributed by atoms with Gasteiger partial charge in [-0.05, 0) is 37.3 Å². The van der Waals surface area contributed by atoms with Crippen LogP contribution in [0.15, 0.2) is 18.2 Å². The van der Waals surface area contributed by atoms with Crippen LogP contribution < -0.4 is 5.32 Å².